The Morgan fingerprint density at radius 1 is 1.43 bits per heavy atom. The van der Waals surface area contributed by atoms with E-state index >= 15 is 0 Å². The summed E-state index contributed by atoms with van der Waals surface area (Å²) in [6, 6.07) is 2.81. The van der Waals surface area contributed by atoms with E-state index in [-0.39, 0.29) is 12.5 Å². The van der Waals surface area contributed by atoms with Gasteiger partial charge < -0.3 is 19.9 Å². The predicted octanol–water partition coefficient (Wildman–Crippen LogP) is 2.77. The van der Waals surface area contributed by atoms with Gasteiger partial charge in [0, 0.05) is 23.1 Å². The summed E-state index contributed by atoms with van der Waals surface area (Å²) in [5.41, 5.74) is 0.826. The van der Waals surface area contributed by atoms with Gasteiger partial charge in [0.2, 0.25) is 11.6 Å². The molecule has 1 aromatic carbocycles. The van der Waals surface area contributed by atoms with Crippen LogP contribution in [0.25, 0.3) is 15.6 Å². The molecule has 7 nitrogen and oxygen atoms in total. The first-order valence-corrected chi connectivity index (χ1v) is 9.54. The highest BCUT2D eigenvalue weighted by molar-refractivity contribution is 5.96. The highest BCUT2D eigenvalue weighted by atomic mass is 19.1. The molecule has 30 heavy (non-hydrogen) atoms. The predicted molar refractivity (Wildman–Crippen MR) is 109 cm³/mol. The lowest BCUT2D eigenvalue weighted by molar-refractivity contribution is -0.123. The molecule has 8 heteroatoms. The maximum Gasteiger partial charge on any atom is 0.255 e. The van der Waals surface area contributed by atoms with Crippen molar-refractivity contribution >= 4 is 22.4 Å². The fourth-order valence-electron chi connectivity index (χ4n) is 3.47. The molecule has 1 aliphatic rings. The first-order chi connectivity index (χ1) is 14.4. The topological polar surface area (TPSA) is 85.0 Å². The molecule has 1 fully saturated rings. The number of fused-ring (bicyclic) bond motifs is 1. The van der Waals surface area contributed by atoms with Crippen LogP contribution in [0.2, 0.25) is 0 Å². The Morgan fingerprint density at radius 3 is 2.83 bits per heavy atom. The van der Waals surface area contributed by atoms with Crippen molar-refractivity contribution in [3.63, 3.8) is 0 Å². The average molecular weight is 411 g/mol. The van der Waals surface area contributed by atoms with E-state index in [2.05, 4.69) is 27.0 Å². The summed E-state index contributed by atoms with van der Waals surface area (Å²) in [7, 11) is 1.46. The maximum absolute atomic E-state index is 14.0. The number of hydrogen-bond acceptors (Lipinski definition) is 5. The Bertz CT molecular complexity index is 1070. The van der Waals surface area contributed by atoms with Crippen LogP contribution in [-0.2, 0) is 4.79 Å². The molecule has 156 valence electrons. The number of rotatable bonds is 5. The van der Waals surface area contributed by atoms with Gasteiger partial charge in [-0.3, -0.25) is 4.79 Å². The zero-order valence-corrected chi connectivity index (χ0v) is 16.9. The molecule has 2 heterocycles. The molecule has 0 radical (unpaired) electrons. The molecule has 4 atom stereocenters. The van der Waals surface area contributed by atoms with Crippen LogP contribution in [0.1, 0.15) is 25.8 Å². The summed E-state index contributed by atoms with van der Waals surface area (Å²) in [6.45, 7) is 10.8. The summed E-state index contributed by atoms with van der Waals surface area (Å²) in [4.78, 5) is 19.5. The zero-order chi connectivity index (χ0) is 21.8. The Labute approximate surface area is 174 Å². The van der Waals surface area contributed by atoms with E-state index in [4.69, 9.17) is 16.0 Å². The SMILES string of the molecule is [C-]#[N+]c1cc2c(C#C[C@@H](C)O)cnc(OC[C@H]3NC(=O)[C@@H](F)[C@H]3CC)c2cc1OC. The number of aliphatic hydroxyl groups is 1. The minimum Gasteiger partial charge on any atom is -0.508 e. The summed E-state index contributed by atoms with van der Waals surface area (Å²) in [5.74, 6) is 5.05. The normalized spacial score (nSPS) is 21.3. The van der Waals surface area contributed by atoms with Crippen molar-refractivity contribution in [1.29, 1.82) is 0 Å². The van der Waals surface area contributed by atoms with E-state index in [9.17, 15) is 14.3 Å². The monoisotopic (exact) mass is 411 g/mol. The largest absolute Gasteiger partial charge is 0.508 e. The van der Waals surface area contributed by atoms with Crippen molar-refractivity contribution in [3.8, 4) is 23.5 Å². The highest BCUT2D eigenvalue weighted by Crippen LogP contribution is 2.37. The van der Waals surface area contributed by atoms with Crippen molar-refractivity contribution in [3.05, 3.63) is 35.3 Å². The van der Waals surface area contributed by atoms with Crippen LogP contribution in [0.5, 0.6) is 11.6 Å². The molecule has 0 spiro atoms. The molecule has 0 bridgehead atoms. The lowest BCUT2D eigenvalue weighted by atomic mass is 9.97. The third kappa shape index (κ3) is 4.14. The van der Waals surface area contributed by atoms with Crippen molar-refractivity contribution < 1.29 is 23.8 Å². The van der Waals surface area contributed by atoms with Gasteiger partial charge in [0.25, 0.3) is 5.91 Å². The van der Waals surface area contributed by atoms with E-state index in [1.807, 2.05) is 6.92 Å². The molecule has 1 saturated heterocycles. The van der Waals surface area contributed by atoms with Crippen molar-refractivity contribution in [2.45, 2.75) is 38.6 Å². The number of carbonyl (C=O) groups is 1. The molecule has 1 aromatic heterocycles. The van der Waals surface area contributed by atoms with Gasteiger partial charge >= 0.3 is 0 Å². The van der Waals surface area contributed by atoms with Gasteiger partial charge in [-0.15, -0.1) is 0 Å². The Morgan fingerprint density at radius 2 is 2.20 bits per heavy atom. The highest BCUT2D eigenvalue weighted by Gasteiger charge is 2.41. The maximum atomic E-state index is 14.0. The summed E-state index contributed by atoms with van der Waals surface area (Å²) < 4.78 is 25.2. The van der Waals surface area contributed by atoms with Crippen LogP contribution in [0.3, 0.4) is 0 Å². The number of hydrogen-bond donors (Lipinski definition) is 2. The van der Waals surface area contributed by atoms with E-state index in [0.29, 0.717) is 34.2 Å². The molecule has 2 aromatic rings. The number of methoxy groups -OCH3 is 1. The van der Waals surface area contributed by atoms with Crippen molar-refractivity contribution in [1.82, 2.24) is 10.3 Å². The number of ether oxygens (including phenoxy) is 2. The van der Waals surface area contributed by atoms with Crippen LogP contribution in [0, 0.1) is 24.3 Å². The summed E-state index contributed by atoms with van der Waals surface area (Å²) in [6.07, 6.45) is -0.374. The Hall–Kier alpha value is -3.36. The second-order valence-electron chi connectivity index (χ2n) is 7.00. The van der Waals surface area contributed by atoms with Gasteiger partial charge in [-0.1, -0.05) is 18.8 Å². The van der Waals surface area contributed by atoms with Gasteiger partial charge in [-0.2, -0.15) is 0 Å². The minimum atomic E-state index is -1.55. The van der Waals surface area contributed by atoms with Crippen LogP contribution in [0.15, 0.2) is 18.3 Å². The van der Waals surface area contributed by atoms with Crippen molar-refractivity contribution in [2.75, 3.05) is 13.7 Å². The quantitative estimate of drug-likeness (QED) is 0.584. The third-order valence-electron chi connectivity index (χ3n) is 5.03. The minimum absolute atomic E-state index is 0.0539. The molecule has 0 saturated carbocycles. The molecule has 0 unspecified atom stereocenters. The van der Waals surface area contributed by atoms with Gasteiger partial charge in [0.05, 0.1) is 19.7 Å². The van der Waals surface area contributed by atoms with Gasteiger partial charge in [-0.05, 0) is 30.9 Å². The number of nitrogens with one attached hydrogen (secondary N) is 1. The fraction of sp³-hybridized carbons (Fsp3) is 0.409. The van der Waals surface area contributed by atoms with E-state index in [0.717, 1.165) is 0 Å². The molecule has 2 N–H and O–H groups in total. The van der Waals surface area contributed by atoms with Crippen molar-refractivity contribution in [2.24, 2.45) is 5.92 Å². The van der Waals surface area contributed by atoms with Gasteiger partial charge in [-0.25, -0.2) is 14.2 Å². The fourth-order valence-corrected chi connectivity index (χ4v) is 3.47. The number of aliphatic hydroxyl groups excluding tert-OH is 1. The van der Waals surface area contributed by atoms with Gasteiger partial charge in [0.15, 0.2) is 6.17 Å². The van der Waals surface area contributed by atoms with Gasteiger partial charge in [0.1, 0.15) is 18.5 Å². The first kappa shape index (κ1) is 21.4. The van der Waals surface area contributed by atoms with E-state index in [1.54, 1.807) is 19.1 Å². The number of benzene rings is 1. The Balaban J connectivity index is 2.01. The number of carbonyl (C=O) groups excluding carboxylic acids is 1. The number of amides is 1. The molecule has 0 aliphatic carbocycles. The average Bonchev–Trinajstić information content (AvgIpc) is 3.02. The molecule has 1 aliphatic heterocycles. The van der Waals surface area contributed by atoms with Crippen LogP contribution < -0.4 is 14.8 Å². The number of halogens is 1. The molecule has 3 rings (SSSR count). The van der Waals surface area contributed by atoms with E-state index in [1.165, 1.54) is 13.3 Å². The van der Waals surface area contributed by atoms with Crippen LogP contribution >= 0.6 is 0 Å². The Kier molecular flexibility index (Phi) is 6.39. The van der Waals surface area contributed by atoms with Crippen LogP contribution in [0.4, 0.5) is 10.1 Å². The number of aromatic nitrogens is 1. The summed E-state index contributed by atoms with van der Waals surface area (Å²) in [5, 5.41) is 13.3. The lowest BCUT2D eigenvalue weighted by Crippen LogP contribution is -2.34. The second kappa shape index (κ2) is 8.98. The second-order valence-corrected chi connectivity index (χ2v) is 7.00. The number of pyridine rings is 1. The zero-order valence-electron chi connectivity index (χ0n) is 16.9. The molecular formula is C22H22FN3O4. The third-order valence-corrected chi connectivity index (χ3v) is 5.03. The van der Waals surface area contributed by atoms with Crippen LogP contribution in [-0.4, -0.2) is 48.0 Å². The lowest BCUT2D eigenvalue weighted by Gasteiger charge is -2.19. The summed E-state index contributed by atoms with van der Waals surface area (Å²) >= 11 is 0. The van der Waals surface area contributed by atoms with E-state index < -0.39 is 30.1 Å². The number of nitrogens with zero attached hydrogens (tertiary/aromatic N) is 2. The molecule has 1 amide bonds. The molecular weight excluding hydrogens is 389 g/mol. The number of alkyl halides is 1. The smallest absolute Gasteiger partial charge is 0.255 e. The standard InChI is InChI=1S/C22H22FN3O4/c1-5-14-18(26-21(28)20(14)23)11-30-22-16-9-19(29-4)17(24-3)8-15(16)13(10-25-22)7-6-12(2)27/h8-10,12,14,18,20,27H,5,11H2,1-2,4H3,(H,26,28)/t12-,14+,18-,20+/m1/s1. The first-order valence-electron chi connectivity index (χ1n) is 9.54.